The van der Waals surface area contributed by atoms with Gasteiger partial charge in [0.05, 0.1) is 5.69 Å². The van der Waals surface area contributed by atoms with Gasteiger partial charge in [-0.05, 0) is 68.3 Å². The van der Waals surface area contributed by atoms with Gasteiger partial charge in [-0.15, -0.1) is 0 Å². The number of urea groups is 1. The Hall–Kier alpha value is -3.38. The molecule has 4 rings (SSSR count). The van der Waals surface area contributed by atoms with Gasteiger partial charge in [0.1, 0.15) is 11.5 Å². The monoisotopic (exact) mass is 406 g/mol. The van der Waals surface area contributed by atoms with Gasteiger partial charge in [-0.1, -0.05) is 23.7 Å². The van der Waals surface area contributed by atoms with E-state index in [-0.39, 0.29) is 5.70 Å². The number of aryl methyl sites for hydroxylation is 2. The molecule has 0 radical (unpaired) electrons. The van der Waals surface area contributed by atoms with Gasteiger partial charge in [0, 0.05) is 22.6 Å². The fourth-order valence-electron chi connectivity index (χ4n) is 3.42. The van der Waals surface area contributed by atoms with Crippen LogP contribution in [0.4, 0.5) is 10.5 Å². The number of amides is 3. The number of carbonyl (C=O) groups excluding carboxylic acids is 2. The molecule has 0 aliphatic carbocycles. The highest BCUT2D eigenvalue weighted by atomic mass is 35.5. The van der Waals surface area contributed by atoms with Crippen molar-refractivity contribution >= 4 is 35.3 Å². The highest BCUT2D eigenvalue weighted by Gasteiger charge is 2.35. The van der Waals surface area contributed by atoms with Crippen LogP contribution in [0.1, 0.15) is 22.5 Å². The summed E-state index contributed by atoms with van der Waals surface area (Å²) in [7, 11) is 0. The summed E-state index contributed by atoms with van der Waals surface area (Å²) >= 11 is 6.00. The predicted molar refractivity (Wildman–Crippen MR) is 113 cm³/mol. The van der Waals surface area contributed by atoms with E-state index in [0.29, 0.717) is 10.7 Å². The zero-order chi connectivity index (χ0) is 20.7. The Labute approximate surface area is 173 Å². The molecule has 0 bridgehead atoms. The molecule has 1 saturated heterocycles. The third kappa shape index (κ3) is 3.43. The lowest BCUT2D eigenvalue weighted by Crippen LogP contribution is -2.30. The summed E-state index contributed by atoms with van der Waals surface area (Å²) in [4.78, 5) is 30.8. The summed E-state index contributed by atoms with van der Waals surface area (Å²) in [6.45, 7) is 5.92. The first-order chi connectivity index (χ1) is 13.8. The highest BCUT2D eigenvalue weighted by molar-refractivity contribution is 6.32. The molecule has 3 amide bonds. The molecule has 1 fully saturated rings. The first-order valence-electron chi connectivity index (χ1n) is 9.10. The van der Waals surface area contributed by atoms with E-state index in [2.05, 4.69) is 10.3 Å². The molecule has 146 valence electrons. The minimum Gasteiger partial charge on any atom is -0.303 e. The standard InChI is InChI=1S/C22H19ClN4O2/c1-13-7-8-20(24-12-13)26-14(2)9-16(15(26)3)10-19-21(28)27(22(29)25-19)18-6-4-5-17(23)11-18/h4-12H,1-3H3,(H,25,29). The number of halogens is 1. The van der Waals surface area contributed by atoms with E-state index < -0.39 is 11.9 Å². The molecule has 1 N–H and O–H groups in total. The van der Waals surface area contributed by atoms with Crippen LogP contribution in [0.2, 0.25) is 5.02 Å². The number of anilines is 1. The van der Waals surface area contributed by atoms with Gasteiger partial charge in [0.2, 0.25) is 0 Å². The normalized spacial score (nSPS) is 15.3. The smallest absolute Gasteiger partial charge is 0.303 e. The number of hydrogen-bond donors (Lipinski definition) is 1. The Bertz CT molecular complexity index is 1160. The Morgan fingerprint density at radius 1 is 1.07 bits per heavy atom. The molecule has 0 spiro atoms. The lowest BCUT2D eigenvalue weighted by Gasteiger charge is -2.11. The van der Waals surface area contributed by atoms with E-state index >= 15 is 0 Å². The predicted octanol–water partition coefficient (Wildman–Crippen LogP) is 4.55. The topological polar surface area (TPSA) is 67.2 Å². The van der Waals surface area contributed by atoms with E-state index in [4.69, 9.17) is 11.6 Å². The maximum absolute atomic E-state index is 12.9. The van der Waals surface area contributed by atoms with Gasteiger partial charge < -0.3 is 9.88 Å². The average molecular weight is 407 g/mol. The Morgan fingerprint density at radius 3 is 2.55 bits per heavy atom. The molecule has 3 aromatic rings. The van der Waals surface area contributed by atoms with Gasteiger partial charge in [-0.3, -0.25) is 4.79 Å². The quantitative estimate of drug-likeness (QED) is 0.512. The van der Waals surface area contributed by atoms with Crippen LogP contribution in [-0.4, -0.2) is 21.5 Å². The third-order valence-corrected chi connectivity index (χ3v) is 5.07. The average Bonchev–Trinajstić information content (AvgIpc) is 3.11. The second kappa shape index (κ2) is 7.22. The molecule has 0 saturated carbocycles. The number of nitrogens with one attached hydrogen (secondary N) is 1. The molecule has 1 aromatic carbocycles. The van der Waals surface area contributed by atoms with Crippen molar-refractivity contribution in [2.24, 2.45) is 0 Å². The van der Waals surface area contributed by atoms with Crippen molar-refractivity contribution in [3.8, 4) is 5.82 Å². The molecule has 6 nitrogen and oxygen atoms in total. The van der Waals surface area contributed by atoms with E-state index in [1.54, 1.807) is 30.3 Å². The zero-order valence-electron chi connectivity index (χ0n) is 16.2. The van der Waals surface area contributed by atoms with Crippen LogP contribution < -0.4 is 10.2 Å². The summed E-state index contributed by atoms with van der Waals surface area (Å²) in [6, 6.07) is 12.1. The van der Waals surface area contributed by atoms with Gasteiger partial charge in [0.25, 0.3) is 5.91 Å². The summed E-state index contributed by atoms with van der Waals surface area (Å²) in [5.41, 5.74) is 4.47. The van der Waals surface area contributed by atoms with Gasteiger partial charge >= 0.3 is 6.03 Å². The number of hydrogen-bond acceptors (Lipinski definition) is 3. The second-order valence-corrected chi connectivity index (χ2v) is 7.40. The number of pyridine rings is 1. The van der Waals surface area contributed by atoms with Crippen LogP contribution in [0.25, 0.3) is 11.9 Å². The van der Waals surface area contributed by atoms with Crippen molar-refractivity contribution < 1.29 is 9.59 Å². The molecule has 1 aliphatic heterocycles. The molecule has 1 aliphatic rings. The SMILES string of the molecule is Cc1ccc(-n2c(C)cc(C=C3NC(=O)N(c4cccc(Cl)c4)C3=O)c2C)nc1. The molecule has 0 atom stereocenters. The van der Waals surface area contributed by atoms with Gasteiger partial charge in [-0.25, -0.2) is 14.7 Å². The minimum atomic E-state index is -0.502. The molecule has 29 heavy (non-hydrogen) atoms. The van der Waals surface area contributed by atoms with Crippen molar-refractivity contribution in [3.05, 3.63) is 81.9 Å². The van der Waals surface area contributed by atoms with Gasteiger partial charge in [0.15, 0.2) is 0 Å². The number of imide groups is 1. The Kier molecular flexibility index (Phi) is 4.72. The Morgan fingerprint density at radius 2 is 1.86 bits per heavy atom. The van der Waals surface area contributed by atoms with E-state index in [0.717, 1.165) is 33.2 Å². The molecular formula is C22H19ClN4O2. The number of benzene rings is 1. The maximum Gasteiger partial charge on any atom is 0.333 e. The van der Waals surface area contributed by atoms with Crippen molar-refractivity contribution in [2.45, 2.75) is 20.8 Å². The molecule has 2 aromatic heterocycles. The highest BCUT2D eigenvalue weighted by Crippen LogP contribution is 2.27. The number of aromatic nitrogens is 2. The van der Waals surface area contributed by atoms with E-state index in [1.807, 2.05) is 49.7 Å². The van der Waals surface area contributed by atoms with Crippen LogP contribution in [0, 0.1) is 20.8 Å². The lowest BCUT2D eigenvalue weighted by atomic mass is 10.2. The number of nitrogens with zero attached hydrogens (tertiary/aromatic N) is 3. The van der Waals surface area contributed by atoms with Crippen LogP contribution >= 0.6 is 11.6 Å². The van der Waals surface area contributed by atoms with E-state index in [1.165, 1.54) is 0 Å². The minimum absolute atomic E-state index is 0.215. The van der Waals surface area contributed by atoms with E-state index in [9.17, 15) is 9.59 Å². The van der Waals surface area contributed by atoms with Crippen molar-refractivity contribution in [1.29, 1.82) is 0 Å². The largest absolute Gasteiger partial charge is 0.333 e. The fraction of sp³-hybridized carbons (Fsp3) is 0.136. The lowest BCUT2D eigenvalue weighted by molar-refractivity contribution is -0.113. The van der Waals surface area contributed by atoms with Crippen molar-refractivity contribution in [2.75, 3.05) is 4.90 Å². The third-order valence-electron chi connectivity index (χ3n) is 4.84. The first kappa shape index (κ1) is 19.0. The van der Waals surface area contributed by atoms with Crippen LogP contribution in [-0.2, 0) is 4.79 Å². The van der Waals surface area contributed by atoms with Crippen LogP contribution in [0.5, 0.6) is 0 Å². The Balaban J connectivity index is 1.70. The molecular weight excluding hydrogens is 388 g/mol. The summed E-state index contributed by atoms with van der Waals surface area (Å²) < 4.78 is 2.02. The second-order valence-electron chi connectivity index (χ2n) is 6.96. The van der Waals surface area contributed by atoms with Crippen molar-refractivity contribution in [1.82, 2.24) is 14.9 Å². The summed E-state index contributed by atoms with van der Waals surface area (Å²) in [6.07, 6.45) is 3.51. The maximum atomic E-state index is 12.9. The van der Waals surface area contributed by atoms with Crippen molar-refractivity contribution in [3.63, 3.8) is 0 Å². The number of carbonyl (C=O) groups is 2. The van der Waals surface area contributed by atoms with Gasteiger partial charge in [-0.2, -0.15) is 0 Å². The van der Waals surface area contributed by atoms with Crippen LogP contribution in [0.15, 0.2) is 54.4 Å². The van der Waals surface area contributed by atoms with Crippen LogP contribution in [0.3, 0.4) is 0 Å². The fourth-order valence-corrected chi connectivity index (χ4v) is 3.60. The summed E-state index contributed by atoms with van der Waals surface area (Å²) in [5.74, 6) is 0.383. The number of rotatable bonds is 3. The zero-order valence-corrected chi connectivity index (χ0v) is 17.0. The molecule has 0 unspecified atom stereocenters. The molecule has 3 heterocycles. The first-order valence-corrected chi connectivity index (χ1v) is 9.47. The summed E-state index contributed by atoms with van der Waals surface area (Å²) in [5, 5.41) is 3.11. The molecule has 7 heteroatoms.